The van der Waals surface area contributed by atoms with Crippen LogP contribution in [0.2, 0.25) is 0 Å². The summed E-state index contributed by atoms with van der Waals surface area (Å²) < 4.78 is 13.4. The molecule has 0 radical (unpaired) electrons. The van der Waals surface area contributed by atoms with E-state index in [0.717, 1.165) is 77.3 Å². The zero-order valence-corrected chi connectivity index (χ0v) is 45.6. The van der Waals surface area contributed by atoms with Crippen molar-refractivity contribution in [3.8, 4) is 0 Å². The van der Waals surface area contributed by atoms with Crippen LogP contribution in [0.25, 0.3) is 22.1 Å². The van der Waals surface area contributed by atoms with Crippen molar-refractivity contribution < 1.29 is 53.8 Å². The molecule has 392 valence electrons. The molecule has 4 aliphatic heterocycles. The Hall–Kier alpha value is -4.55. The molecule has 18 heteroatoms. The summed E-state index contributed by atoms with van der Waals surface area (Å²) >= 11 is 0. The SMILES string of the molecule is COC(=O)/C(=N\O)c1nc2ccccc2n(C2C[C@H]3CCC[C@@H](C2)N3C2CC3CCCC(C3)C2)c1=O.COC(=O)Cc1nc2ccccc2n(C2C[C@H]3CCC[C@@H](C2)N3C2CC3CCCC(C3)C2)c1=O.O=N[O-].[Na+]. The number of ether oxygens (including phenoxy) is 2. The summed E-state index contributed by atoms with van der Waals surface area (Å²) in [6, 6.07) is 19.1. The minimum atomic E-state index is -0.876. The summed E-state index contributed by atoms with van der Waals surface area (Å²) in [7, 11) is 2.56. The summed E-state index contributed by atoms with van der Waals surface area (Å²) in [4.78, 5) is 74.5. The second kappa shape index (κ2) is 24.2. The van der Waals surface area contributed by atoms with E-state index in [1.54, 1.807) is 0 Å². The molecule has 17 nitrogen and oxygen atoms in total. The van der Waals surface area contributed by atoms with Crippen LogP contribution in [0.1, 0.15) is 165 Å². The number of para-hydroxylation sites is 4. The number of oxime groups is 1. The molecule has 10 atom stereocenters. The van der Waals surface area contributed by atoms with E-state index in [9.17, 15) is 24.4 Å². The zero-order valence-electron chi connectivity index (χ0n) is 43.6. The summed E-state index contributed by atoms with van der Waals surface area (Å²) in [6.45, 7) is 0. The first-order valence-electron chi connectivity index (χ1n) is 27.5. The molecule has 8 aliphatic rings. The van der Waals surface area contributed by atoms with Crippen molar-refractivity contribution in [2.24, 2.45) is 34.2 Å². The number of hydrogen-bond donors (Lipinski definition) is 1. The maximum absolute atomic E-state index is 13.8. The topological polar surface area (TPSA) is 214 Å². The van der Waals surface area contributed by atoms with Crippen molar-refractivity contribution in [3.63, 3.8) is 0 Å². The molecule has 4 saturated carbocycles. The fourth-order valence-corrected chi connectivity index (χ4v) is 16.1. The predicted molar refractivity (Wildman–Crippen MR) is 277 cm³/mol. The van der Waals surface area contributed by atoms with E-state index >= 15 is 0 Å². The van der Waals surface area contributed by atoms with E-state index < -0.39 is 23.2 Å². The molecule has 74 heavy (non-hydrogen) atoms. The van der Waals surface area contributed by atoms with Gasteiger partial charge in [0.15, 0.2) is 5.69 Å². The molecule has 8 bridgehead atoms. The second-order valence-electron chi connectivity index (χ2n) is 22.8. The van der Waals surface area contributed by atoms with Gasteiger partial charge in [-0.1, -0.05) is 80.8 Å². The minimum Gasteiger partial charge on any atom is -0.469 e. The maximum Gasteiger partial charge on any atom is 1.00 e. The number of aromatic nitrogens is 4. The van der Waals surface area contributed by atoms with E-state index in [2.05, 4.69) is 24.9 Å². The van der Waals surface area contributed by atoms with Crippen molar-refractivity contribution in [2.45, 2.75) is 196 Å². The fourth-order valence-electron chi connectivity index (χ4n) is 16.1. The van der Waals surface area contributed by atoms with Gasteiger partial charge in [-0.25, -0.2) is 14.8 Å². The van der Waals surface area contributed by atoms with E-state index in [1.165, 1.54) is 130 Å². The van der Waals surface area contributed by atoms with Gasteiger partial charge in [0.05, 0.1) is 42.7 Å². The van der Waals surface area contributed by atoms with Gasteiger partial charge in [0.25, 0.3) is 11.1 Å². The van der Waals surface area contributed by atoms with Gasteiger partial charge in [-0.3, -0.25) is 24.2 Å². The molecule has 8 fully saturated rings. The number of hydrogen-bond acceptors (Lipinski definition) is 15. The quantitative estimate of drug-likeness (QED) is 0.0523. The number of fused-ring (bicyclic) bond motifs is 10. The van der Waals surface area contributed by atoms with Crippen LogP contribution in [0.3, 0.4) is 0 Å². The molecular weight excluding hydrogens is 952 g/mol. The Kier molecular flexibility index (Phi) is 17.7. The third kappa shape index (κ3) is 11.1. The molecule has 4 aliphatic carbocycles. The van der Waals surface area contributed by atoms with Gasteiger partial charge in [-0.2, -0.15) is 0 Å². The number of carbonyl (C=O) groups excluding carboxylic acids is 2. The molecule has 6 heterocycles. The van der Waals surface area contributed by atoms with Gasteiger partial charge < -0.3 is 33.9 Å². The monoisotopic (exact) mass is 1020 g/mol. The van der Waals surface area contributed by atoms with E-state index in [4.69, 9.17) is 19.6 Å². The van der Waals surface area contributed by atoms with Gasteiger partial charge in [0, 0.05) is 48.3 Å². The normalized spacial score (nSPS) is 31.6. The van der Waals surface area contributed by atoms with Gasteiger partial charge >= 0.3 is 41.5 Å². The Balaban J connectivity index is 0.000000171. The Labute approximate surface area is 455 Å². The van der Waals surface area contributed by atoms with Crippen molar-refractivity contribution in [3.05, 3.63) is 90.7 Å². The van der Waals surface area contributed by atoms with Crippen molar-refractivity contribution in [1.82, 2.24) is 28.9 Å². The molecule has 4 aromatic rings. The second-order valence-corrected chi connectivity index (χ2v) is 22.8. The predicted octanol–water partition coefficient (Wildman–Crippen LogP) is 6.17. The first-order chi connectivity index (χ1) is 35.6. The van der Waals surface area contributed by atoms with Crippen molar-refractivity contribution >= 4 is 39.7 Å². The molecule has 2 aromatic carbocycles. The summed E-state index contributed by atoms with van der Waals surface area (Å²) in [5.74, 6) is 2.36. The molecule has 2 aromatic heterocycles. The summed E-state index contributed by atoms with van der Waals surface area (Å²) in [5, 5.41) is 21.6. The standard InChI is InChI=1S/C28H36N4O4.C28H37N3O3.HNO2.Na/c1-36-28(34)26(30-35)25-27(33)32(24-11-3-2-10-23(24)29-25)22-15-19-8-5-9-20(16-22)31(19)21-13-17-6-4-7-18(12-17)14-21;1-34-27(32)17-25-28(33)31(26-11-3-2-10-24(26)29-25)23-15-20-8-5-9-21(16-23)30(20)22-13-18-6-4-7-19(12-18)14-22;2-1-3;/h2-3,10-11,17-22,35H,4-9,12-16H2,1H3;2-3,10-11,18-23H,4-9,12-17H2,1H3;(H,2,3);/q;;;+1/p-1/b30-26-;;;/t17?,18?,19-,20+,21?,22?;18?,19?,20-,21+,22?,23?;;. The molecule has 0 spiro atoms. The Morgan fingerprint density at radius 3 is 1.41 bits per heavy atom. The van der Waals surface area contributed by atoms with E-state index in [-0.39, 0.29) is 59.3 Å². The van der Waals surface area contributed by atoms with Crippen LogP contribution in [0.4, 0.5) is 0 Å². The van der Waals surface area contributed by atoms with Crippen LogP contribution in [-0.4, -0.2) is 102 Å². The number of piperidine rings is 4. The van der Waals surface area contributed by atoms with Crippen molar-refractivity contribution in [2.75, 3.05) is 14.2 Å². The van der Waals surface area contributed by atoms with Crippen LogP contribution < -0.4 is 40.7 Å². The van der Waals surface area contributed by atoms with Gasteiger partial charge in [-0.15, -0.1) is 5.34 Å². The number of benzene rings is 2. The molecular formula is C56H73N8NaO9. The molecule has 0 amide bonds. The molecule has 12 rings (SSSR count). The molecule has 1 N–H and O–H groups in total. The van der Waals surface area contributed by atoms with Crippen LogP contribution in [0.5, 0.6) is 0 Å². The number of carbonyl (C=O) groups is 2. The maximum atomic E-state index is 13.8. The molecule has 4 saturated heterocycles. The average molecular weight is 1030 g/mol. The Bertz CT molecular complexity index is 2750. The molecule has 6 unspecified atom stereocenters. The zero-order chi connectivity index (χ0) is 50.8. The summed E-state index contributed by atoms with van der Waals surface area (Å²) in [6.07, 6.45) is 28.0. The smallest absolute Gasteiger partial charge is 0.469 e. The van der Waals surface area contributed by atoms with Gasteiger partial charge in [-0.05, 0) is 138 Å². The van der Waals surface area contributed by atoms with Crippen LogP contribution in [0.15, 0.2) is 68.6 Å². The third-order valence-corrected chi connectivity index (χ3v) is 18.7. The number of methoxy groups -OCH3 is 2. The van der Waals surface area contributed by atoms with E-state index in [1.807, 2.05) is 57.7 Å². The third-order valence-electron chi connectivity index (χ3n) is 18.7. The average Bonchev–Trinajstić information content (AvgIpc) is 3.38. The first kappa shape index (κ1) is 54.2. The van der Waals surface area contributed by atoms with Crippen LogP contribution in [0, 0.1) is 33.8 Å². The number of rotatable bonds is 8. The Morgan fingerprint density at radius 2 is 0.986 bits per heavy atom. The number of esters is 2. The van der Waals surface area contributed by atoms with Crippen LogP contribution >= 0.6 is 0 Å². The largest absolute Gasteiger partial charge is 1.00 e. The fraction of sp³-hybridized carbons (Fsp3) is 0.661. The summed E-state index contributed by atoms with van der Waals surface area (Å²) in [5.41, 5.74) is 2.23. The van der Waals surface area contributed by atoms with Crippen LogP contribution in [-0.2, 0) is 25.5 Å². The minimum absolute atomic E-state index is 0. The first-order valence-corrected chi connectivity index (χ1v) is 27.5. The van der Waals surface area contributed by atoms with Gasteiger partial charge in [0.1, 0.15) is 5.69 Å². The van der Waals surface area contributed by atoms with Crippen molar-refractivity contribution in [1.29, 1.82) is 0 Å². The van der Waals surface area contributed by atoms with E-state index in [0.29, 0.717) is 41.4 Å². The Morgan fingerprint density at radius 1 is 0.581 bits per heavy atom. The van der Waals surface area contributed by atoms with Gasteiger partial charge in [0.2, 0.25) is 5.71 Å². The number of nitrogens with zero attached hydrogens (tertiary/aromatic N) is 8.